The van der Waals surface area contributed by atoms with Gasteiger partial charge in [0.25, 0.3) is 0 Å². The summed E-state index contributed by atoms with van der Waals surface area (Å²) in [6.07, 6.45) is 0.969. The number of rotatable bonds is 5. The maximum atomic E-state index is 11.7. The first-order valence-corrected chi connectivity index (χ1v) is 11.5. The molecule has 1 unspecified atom stereocenters. The summed E-state index contributed by atoms with van der Waals surface area (Å²) in [4.78, 5) is 9.62. The maximum Gasteiger partial charge on any atom is 0.201 e. The minimum absolute atomic E-state index is 0.206. The van der Waals surface area contributed by atoms with Gasteiger partial charge in [-0.1, -0.05) is 32.0 Å². The van der Waals surface area contributed by atoms with Gasteiger partial charge in [0.1, 0.15) is 5.75 Å². The van der Waals surface area contributed by atoms with Crippen LogP contribution < -0.4 is 0 Å². The van der Waals surface area contributed by atoms with E-state index >= 15 is 0 Å². The van der Waals surface area contributed by atoms with E-state index in [2.05, 4.69) is 35.8 Å². The molecule has 0 spiro atoms. The van der Waals surface area contributed by atoms with Crippen LogP contribution in [0.4, 0.5) is 0 Å². The van der Waals surface area contributed by atoms with Crippen LogP contribution in [0, 0.1) is 13.8 Å². The Balaban J connectivity index is 2.40. The number of aryl methyl sites for hydroxylation is 2. The summed E-state index contributed by atoms with van der Waals surface area (Å²) < 4.78 is 12.4. The fraction of sp³-hybridized carbons (Fsp3) is 0.400. The summed E-state index contributed by atoms with van der Waals surface area (Å²) in [6.45, 7) is 9.61. The third kappa shape index (κ3) is 5.20. The monoisotopic (exact) mass is 424 g/mol. The Morgan fingerprint density at radius 1 is 1.08 bits per heavy atom. The highest BCUT2D eigenvalue weighted by Gasteiger charge is 2.15. The first-order valence-electron chi connectivity index (χ1n) is 8.37. The molecule has 5 heteroatoms. The Bertz CT molecular complexity index is 814. The van der Waals surface area contributed by atoms with E-state index < -0.39 is 7.37 Å². The highest BCUT2D eigenvalue weighted by atomic mass is 79.9. The Labute approximate surface area is 158 Å². The molecule has 0 aliphatic rings. The Hall–Kier alpha value is -1.09. The van der Waals surface area contributed by atoms with Gasteiger partial charge >= 0.3 is 0 Å². The molecule has 2 rings (SSSR count). The average molecular weight is 425 g/mol. The fourth-order valence-electron chi connectivity index (χ4n) is 3.22. The van der Waals surface area contributed by atoms with Gasteiger partial charge in [-0.05, 0) is 81.6 Å². The lowest BCUT2D eigenvalue weighted by Gasteiger charge is -2.16. The fourth-order valence-corrected chi connectivity index (χ4v) is 4.60. The molecule has 136 valence electrons. The Morgan fingerprint density at radius 2 is 1.64 bits per heavy atom. The van der Waals surface area contributed by atoms with Gasteiger partial charge in [-0.25, -0.2) is 0 Å². The van der Waals surface area contributed by atoms with Crippen LogP contribution in [0.3, 0.4) is 0 Å². The zero-order valence-electron chi connectivity index (χ0n) is 15.4. The lowest BCUT2D eigenvalue weighted by molar-refractivity contribution is 0.461. The summed E-state index contributed by atoms with van der Waals surface area (Å²) in [5, 5.41) is 10.2. The molecule has 0 bridgehead atoms. The molecule has 0 saturated heterocycles. The van der Waals surface area contributed by atoms with Gasteiger partial charge in [0, 0.05) is 12.8 Å². The predicted molar refractivity (Wildman–Crippen MR) is 108 cm³/mol. The van der Waals surface area contributed by atoms with Crippen molar-refractivity contribution in [3.63, 3.8) is 0 Å². The van der Waals surface area contributed by atoms with E-state index in [9.17, 15) is 14.6 Å². The molecule has 1 atom stereocenters. The number of hydrogen-bond acceptors (Lipinski definition) is 2. The first-order chi connectivity index (χ1) is 11.5. The van der Waals surface area contributed by atoms with Crippen molar-refractivity contribution >= 4 is 23.3 Å². The second-order valence-electron chi connectivity index (χ2n) is 7.26. The number of halogens is 1. The number of aromatic hydroxyl groups is 1. The summed E-state index contributed by atoms with van der Waals surface area (Å²) in [5.41, 5.74) is 6.44. The van der Waals surface area contributed by atoms with E-state index in [1.807, 2.05) is 32.0 Å². The van der Waals surface area contributed by atoms with Crippen LogP contribution >= 0.6 is 23.3 Å². The lowest BCUT2D eigenvalue weighted by atomic mass is 9.92. The van der Waals surface area contributed by atoms with E-state index in [0.717, 1.165) is 34.2 Å². The number of phenolic OH excluding ortho intramolecular Hbond substituents is 1. The van der Waals surface area contributed by atoms with Crippen molar-refractivity contribution in [1.29, 1.82) is 0 Å². The van der Waals surface area contributed by atoms with Crippen molar-refractivity contribution in [3.05, 3.63) is 62.1 Å². The van der Waals surface area contributed by atoms with Crippen LogP contribution in [0.25, 0.3) is 0 Å². The molecular weight excluding hydrogens is 399 g/mol. The minimum Gasteiger partial charge on any atom is -0.506 e. The van der Waals surface area contributed by atoms with Crippen molar-refractivity contribution in [2.75, 3.05) is 6.66 Å². The summed E-state index contributed by atoms with van der Waals surface area (Å²) >= 11 is 3.45. The van der Waals surface area contributed by atoms with Gasteiger partial charge in [-0.15, -0.1) is 0 Å². The van der Waals surface area contributed by atoms with Crippen LogP contribution in [-0.4, -0.2) is 16.7 Å². The average Bonchev–Trinajstić information content (AvgIpc) is 2.44. The normalized spacial score (nSPS) is 13.9. The second-order valence-corrected chi connectivity index (χ2v) is 10.5. The van der Waals surface area contributed by atoms with E-state index in [1.54, 1.807) is 0 Å². The third-order valence-corrected chi connectivity index (χ3v) is 5.94. The van der Waals surface area contributed by atoms with Crippen LogP contribution in [0.2, 0.25) is 0 Å². The van der Waals surface area contributed by atoms with E-state index in [1.165, 1.54) is 12.2 Å². The standard InChI is InChI=1S/C20H26BrO3P/c1-12(2)17-8-15(10-19(21)20(17)22)9-18-13(3)6-16(7-14(18)4)11-25(5,23)24/h6-8,10,12,22H,9,11H2,1-5H3,(H,23,24). The van der Waals surface area contributed by atoms with Crippen molar-refractivity contribution in [3.8, 4) is 5.75 Å². The van der Waals surface area contributed by atoms with E-state index in [-0.39, 0.29) is 12.1 Å². The van der Waals surface area contributed by atoms with Crippen molar-refractivity contribution in [2.24, 2.45) is 0 Å². The molecule has 0 radical (unpaired) electrons. The molecule has 0 heterocycles. The molecule has 2 N–H and O–H groups in total. The number of phenols is 1. The molecular formula is C20H26BrO3P. The van der Waals surface area contributed by atoms with Crippen LogP contribution in [0.5, 0.6) is 5.75 Å². The van der Waals surface area contributed by atoms with Gasteiger partial charge < -0.3 is 10.00 Å². The number of hydrogen-bond donors (Lipinski definition) is 2. The number of benzene rings is 2. The SMILES string of the molecule is Cc1cc(CP(C)(=O)O)cc(C)c1Cc1cc(Br)c(O)c(C(C)C)c1. The molecule has 2 aromatic carbocycles. The quantitative estimate of drug-likeness (QED) is 0.588. The summed E-state index contributed by atoms with van der Waals surface area (Å²) in [5.74, 6) is 0.549. The van der Waals surface area contributed by atoms with Gasteiger partial charge in [0.15, 0.2) is 0 Å². The zero-order valence-corrected chi connectivity index (χ0v) is 17.9. The topological polar surface area (TPSA) is 57.5 Å². The summed E-state index contributed by atoms with van der Waals surface area (Å²) in [7, 11) is -3.07. The molecule has 3 nitrogen and oxygen atoms in total. The maximum absolute atomic E-state index is 11.7. The van der Waals surface area contributed by atoms with Crippen LogP contribution in [-0.2, 0) is 17.1 Å². The molecule has 0 aliphatic carbocycles. The third-order valence-electron chi connectivity index (χ3n) is 4.39. The molecule has 25 heavy (non-hydrogen) atoms. The highest BCUT2D eigenvalue weighted by Crippen LogP contribution is 2.40. The Kier molecular flexibility index (Phi) is 6.19. The summed E-state index contributed by atoms with van der Waals surface area (Å²) in [6, 6.07) is 8.04. The molecule has 0 saturated carbocycles. The molecule has 0 fully saturated rings. The second kappa shape index (κ2) is 7.65. The zero-order chi connectivity index (χ0) is 18.9. The largest absolute Gasteiger partial charge is 0.506 e. The van der Waals surface area contributed by atoms with E-state index in [0.29, 0.717) is 10.2 Å². The van der Waals surface area contributed by atoms with Crippen LogP contribution in [0.15, 0.2) is 28.7 Å². The molecule has 0 aromatic heterocycles. The Morgan fingerprint density at radius 3 is 2.12 bits per heavy atom. The van der Waals surface area contributed by atoms with Gasteiger partial charge in [-0.2, -0.15) is 0 Å². The van der Waals surface area contributed by atoms with Crippen LogP contribution in [0.1, 0.15) is 53.1 Å². The molecule has 2 aromatic rings. The smallest absolute Gasteiger partial charge is 0.201 e. The lowest BCUT2D eigenvalue weighted by Crippen LogP contribution is -2.00. The minimum atomic E-state index is -3.07. The highest BCUT2D eigenvalue weighted by molar-refractivity contribution is 9.10. The van der Waals surface area contributed by atoms with Crippen molar-refractivity contribution in [2.45, 2.75) is 46.2 Å². The van der Waals surface area contributed by atoms with Gasteiger partial charge in [-0.3, -0.25) is 4.57 Å². The van der Waals surface area contributed by atoms with Gasteiger partial charge in [0.05, 0.1) is 4.47 Å². The predicted octanol–water partition coefficient (Wildman–Crippen LogP) is 5.89. The molecule has 0 amide bonds. The van der Waals surface area contributed by atoms with Crippen molar-refractivity contribution in [1.82, 2.24) is 0 Å². The van der Waals surface area contributed by atoms with E-state index in [4.69, 9.17) is 0 Å². The van der Waals surface area contributed by atoms with Crippen molar-refractivity contribution < 1.29 is 14.6 Å². The molecule has 0 aliphatic heterocycles. The van der Waals surface area contributed by atoms with Gasteiger partial charge in [0.2, 0.25) is 7.37 Å². The first kappa shape index (κ1) is 20.2.